The van der Waals surface area contributed by atoms with Gasteiger partial charge in [-0.15, -0.1) is 0 Å². The Morgan fingerprint density at radius 1 is 0.881 bits per heavy atom. The normalized spacial score (nSPS) is 16.7. The number of anilines is 1. The number of carbonyl (C=O) groups excluding carboxylic acids is 1. The fourth-order valence-electron chi connectivity index (χ4n) is 6.01. The second-order valence-electron chi connectivity index (χ2n) is 10.7. The van der Waals surface area contributed by atoms with Gasteiger partial charge < -0.3 is 14.5 Å². The molecular weight excluding hydrogens is 522 g/mol. The third-order valence-electron chi connectivity index (χ3n) is 7.98. The number of nitrogens with zero attached hydrogens (tertiary/aromatic N) is 5. The van der Waals surface area contributed by atoms with E-state index in [1.807, 2.05) is 59.6 Å². The van der Waals surface area contributed by atoms with Gasteiger partial charge in [0.2, 0.25) is 0 Å². The molecule has 1 aliphatic heterocycles. The summed E-state index contributed by atoms with van der Waals surface area (Å²) in [5, 5.41) is 10.1. The van der Waals surface area contributed by atoms with Gasteiger partial charge in [0.15, 0.2) is 0 Å². The predicted molar refractivity (Wildman–Crippen MR) is 165 cm³/mol. The van der Waals surface area contributed by atoms with Gasteiger partial charge in [-0.1, -0.05) is 36.4 Å². The Balaban J connectivity index is 1.26. The van der Waals surface area contributed by atoms with Gasteiger partial charge >= 0.3 is 0 Å². The van der Waals surface area contributed by atoms with E-state index < -0.39 is 0 Å². The van der Waals surface area contributed by atoms with Crippen LogP contribution < -0.4 is 9.64 Å². The lowest BCUT2D eigenvalue weighted by Gasteiger charge is -2.45. The summed E-state index contributed by atoms with van der Waals surface area (Å²) < 4.78 is 5.95. The number of carbonyl (C=O) groups is 1. The number of aromatic nitrogens is 2. The SMILES string of the molecule is COc1c(-c2ccc(N3CC(C)N(C(=O)c4cccnc4)[C@@H](C)C3)cc2)cnc2c(-c3ccc(C#N)cc3)cccc12. The van der Waals surface area contributed by atoms with E-state index in [0.717, 1.165) is 57.7 Å². The summed E-state index contributed by atoms with van der Waals surface area (Å²) in [6.07, 6.45) is 5.19. The Hall–Kier alpha value is -5.22. The number of ether oxygens (including phenoxy) is 1. The van der Waals surface area contributed by atoms with Gasteiger partial charge in [-0.3, -0.25) is 14.8 Å². The van der Waals surface area contributed by atoms with Crippen LogP contribution in [0.4, 0.5) is 5.69 Å². The summed E-state index contributed by atoms with van der Waals surface area (Å²) in [4.78, 5) is 26.5. The maximum Gasteiger partial charge on any atom is 0.256 e. The molecule has 2 aromatic heterocycles. The second-order valence-corrected chi connectivity index (χ2v) is 10.7. The van der Waals surface area contributed by atoms with Crippen LogP contribution in [0.1, 0.15) is 29.8 Å². The minimum atomic E-state index is 0.0244. The van der Waals surface area contributed by atoms with Crippen LogP contribution >= 0.6 is 0 Å². The standard InChI is InChI=1S/C35H31N5O2/c1-23-21-39(22-24(2)40(23)35(41)28-6-5-17-37-19-28)29-15-13-27(14-16-29)32-20-38-33-30(7-4-8-31(33)34(32)42-3)26-11-9-25(18-36)10-12-26/h4-17,19-20,23-24H,21-22H2,1-3H3/t23-,24?/m0/s1. The highest BCUT2D eigenvalue weighted by atomic mass is 16.5. The highest BCUT2D eigenvalue weighted by Crippen LogP contribution is 2.39. The molecule has 7 heteroatoms. The number of methoxy groups -OCH3 is 1. The van der Waals surface area contributed by atoms with Crippen molar-refractivity contribution in [3.05, 3.63) is 109 Å². The molecule has 208 valence electrons. The molecule has 5 aromatic rings. The Morgan fingerprint density at radius 2 is 1.57 bits per heavy atom. The van der Waals surface area contributed by atoms with Gasteiger partial charge in [0.05, 0.1) is 29.8 Å². The van der Waals surface area contributed by atoms with E-state index in [9.17, 15) is 4.79 Å². The number of benzene rings is 3. The van der Waals surface area contributed by atoms with Gasteiger partial charge in [-0.2, -0.15) is 5.26 Å². The summed E-state index contributed by atoms with van der Waals surface area (Å²) in [6.45, 7) is 5.69. The number of pyridine rings is 2. The summed E-state index contributed by atoms with van der Waals surface area (Å²) >= 11 is 0. The van der Waals surface area contributed by atoms with Crippen molar-refractivity contribution >= 4 is 22.5 Å². The highest BCUT2D eigenvalue weighted by Gasteiger charge is 2.33. The lowest BCUT2D eigenvalue weighted by atomic mass is 9.97. The molecule has 3 aromatic carbocycles. The summed E-state index contributed by atoms with van der Waals surface area (Å²) in [5.41, 5.74) is 7.12. The molecule has 0 saturated carbocycles. The third kappa shape index (κ3) is 4.92. The molecule has 0 radical (unpaired) electrons. The van der Waals surface area contributed by atoms with E-state index in [1.165, 1.54) is 0 Å². The minimum absolute atomic E-state index is 0.0244. The van der Waals surface area contributed by atoms with Gasteiger partial charge in [0, 0.05) is 66.0 Å². The number of piperazine rings is 1. The molecule has 6 rings (SSSR count). The first-order chi connectivity index (χ1) is 20.5. The van der Waals surface area contributed by atoms with Gasteiger partial charge in [-0.25, -0.2) is 0 Å². The van der Waals surface area contributed by atoms with Gasteiger partial charge in [0.1, 0.15) is 5.75 Å². The fraction of sp³-hybridized carbons (Fsp3) is 0.200. The first kappa shape index (κ1) is 27.0. The maximum absolute atomic E-state index is 13.2. The predicted octanol–water partition coefficient (Wildman–Crippen LogP) is 6.58. The number of fused-ring (bicyclic) bond motifs is 1. The molecule has 3 heterocycles. The molecule has 1 amide bonds. The Kier molecular flexibility index (Phi) is 7.28. The lowest BCUT2D eigenvalue weighted by molar-refractivity contribution is 0.0574. The fourth-order valence-corrected chi connectivity index (χ4v) is 6.01. The number of rotatable bonds is 5. The summed E-state index contributed by atoms with van der Waals surface area (Å²) in [7, 11) is 1.69. The van der Waals surface area contributed by atoms with E-state index in [4.69, 9.17) is 15.0 Å². The van der Waals surface area contributed by atoms with Crippen molar-refractivity contribution in [2.45, 2.75) is 25.9 Å². The molecule has 1 fully saturated rings. The highest BCUT2D eigenvalue weighted by molar-refractivity contribution is 6.00. The van der Waals surface area contributed by atoms with Crippen LogP contribution in [-0.2, 0) is 0 Å². The van der Waals surface area contributed by atoms with Crippen LogP contribution in [-0.4, -0.2) is 53.1 Å². The minimum Gasteiger partial charge on any atom is -0.495 e. The largest absolute Gasteiger partial charge is 0.495 e. The lowest BCUT2D eigenvalue weighted by Crippen LogP contribution is -2.58. The molecule has 42 heavy (non-hydrogen) atoms. The van der Waals surface area contributed by atoms with E-state index in [2.05, 4.69) is 54.1 Å². The van der Waals surface area contributed by atoms with Crippen molar-refractivity contribution in [1.29, 1.82) is 5.26 Å². The molecule has 7 nitrogen and oxygen atoms in total. The first-order valence-corrected chi connectivity index (χ1v) is 14.0. The van der Waals surface area contributed by atoms with Gasteiger partial charge in [0.25, 0.3) is 5.91 Å². The van der Waals surface area contributed by atoms with Crippen molar-refractivity contribution in [3.63, 3.8) is 0 Å². The topological polar surface area (TPSA) is 82.3 Å². The zero-order valence-corrected chi connectivity index (χ0v) is 23.9. The van der Waals surface area contributed by atoms with Crippen molar-refractivity contribution in [2.75, 3.05) is 25.1 Å². The van der Waals surface area contributed by atoms with Crippen molar-refractivity contribution in [3.8, 4) is 34.1 Å². The van der Waals surface area contributed by atoms with Crippen LogP contribution in [0.2, 0.25) is 0 Å². The van der Waals surface area contributed by atoms with Crippen molar-refractivity contribution in [1.82, 2.24) is 14.9 Å². The molecule has 1 unspecified atom stereocenters. The van der Waals surface area contributed by atoms with Crippen LogP contribution in [0.5, 0.6) is 5.75 Å². The number of para-hydroxylation sites is 1. The number of amides is 1. The third-order valence-corrected chi connectivity index (χ3v) is 7.98. The van der Waals surface area contributed by atoms with E-state index in [1.54, 1.807) is 25.6 Å². The van der Waals surface area contributed by atoms with Crippen molar-refractivity contribution < 1.29 is 9.53 Å². The molecule has 0 aliphatic carbocycles. The molecule has 0 N–H and O–H groups in total. The maximum atomic E-state index is 13.2. The zero-order valence-electron chi connectivity index (χ0n) is 23.9. The second kappa shape index (κ2) is 11.3. The van der Waals surface area contributed by atoms with E-state index >= 15 is 0 Å². The summed E-state index contributed by atoms with van der Waals surface area (Å²) in [6, 6.07) is 28.0. The molecule has 2 atom stereocenters. The zero-order chi connectivity index (χ0) is 29.2. The van der Waals surface area contributed by atoms with E-state index in [0.29, 0.717) is 11.1 Å². The summed E-state index contributed by atoms with van der Waals surface area (Å²) in [5.74, 6) is 0.796. The average molecular weight is 554 g/mol. The van der Waals surface area contributed by atoms with Crippen molar-refractivity contribution in [2.24, 2.45) is 0 Å². The van der Waals surface area contributed by atoms with Crippen LogP contribution in [0.25, 0.3) is 33.2 Å². The average Bonchev–Trinajstić information content (AvgIpc) is 3.04. The quantitative estimate of drug-likeness (QED) is 0.244. The van der Waals surface area contributed by atoms with Crippen LogP contribution in [0.3, 0.4) is 0 Å². The Morgan fingerprint density at radius 3 is 2.21 bits per heavy atom. The number of hydrogen-bond acceptors (Lipinski definition) is 6. The molecule has 1 saturated heterocycles. The number of nitriles is 1. The Labute approximate surface area is 245 Å². The smallest absolute Gasteiger partial charge is 0.256 e. The van der Waals surface area contributed by atoms with Crippen LogP contribution in [0.15, 0.2) is 97.5 Å². The van der Waals surface area contributed by atoms with Crippen LogP contribution in [0, 0.1) is 11.3 Å². The Bertz CT molecular complexity index is 1770. The van der Waals surface area contributed by atoms with E-state index in [-0.39, 0.29) is 18.0 Å². The van der Waals surface area contributed by atoms with Gasteiger partial charge in [-0.05, 0) is 67.4 Å². The first-order valence-electron chi connectivity index (χ1n) is 14.0. The molecule has 0 spiro atoms. The molecule has 0 bridgehead atoms. The monoisotopic (exact) mass is 553 g/mol. The number of hydrogen-bond donors (Lipinski definition) is 0. The molecule has 1 aliphatic rings. The molecular formula is C35H31N5O2.